The lowest BCUT2D eigenvalue weighted by molar-refractivity contribution is 0.700. The maximum Gasteiger partial charge on any atom is 0.177 e. The van der Waals surface area contributed by atoms with E-state index in [9.17, 15) is 0 Å². The summed E-state index contributed by atoms with van der Waals surface area (Å²) in [5.41, 5.74) is 7.54. The monoisotopic (exact) mass is 234 g/mol. The molecular weight excluding hydrogens is 216 g/mol. The first-order chi connectivity index (χ1) is 8.20. The summed E-state index contributed by atoms with van der Waals surface area (Å²) in [7, 11) is 1.91. The second-order valence-electron chi connectivity index (χ2n) is 4.17. The largest absolute Gasteiger partial charge is 0.330 e. The highest BCUT2D eigenvalue weighted by atomic mass is 15.5. The highest BCUT2D eigenvalue weighted by Gasteiger charge is 2.06. The minimum Gasteiger partial charge on any atom is -0.330 e. The molecule has 0 aliphatic carbocycles. The average molecular weight is 234 g/mol. The number of unbranched alkanes of at least 4 members (excludes halogenated alkanes) is 1. The molecule has 6 nitrogen and oxygen atoms in total. The summed E-state index contributed by atoms with van der Waals surface area (Å²) in [5.74, 6) is 0.808. The van der Waals surface area contributed by atoms with E-state index in [1.807, 2.05) is 30.9 Å². The smallest absolute Gasteiger partial charge is 0.177 e. The van der Waals surface area contributed by atoms with Crippen LogP contribution in [0.2, 0.25) is 0 Å². The van der Waals surface area contributed by atoms with Crippen molar-refractivity contribution in [3.8, 4) is 5.82 Å². The summed E-state index contributed by atoms with van der Waals surface area (Å²) in [6.45, 7) is 2.74. The van der Waals surface area contributed by atoms with Crippen LogP contribution in [0.15, 0.2) is 12.3 Å². The Morgan fingerprint density at radius 2 is 2.18 bits per heavy atom. The second kappa shape index (κ2) is 5.09. The van der Waals surface area contributed by atoms with Gasteiger partial charge in [-0.2, -0.15) is 5.10 Å². The molecule has 92 valence electrons. The van der Waals surface area contributed by atoms with E-state index in [0.717, 1.165) is 43.0 Å². The molecule has 2 aromatic rings. The van der Waals surface area contributed by atoms with E-state index in [1.165, 1.54) is 0 Å². The first-order valence-corrected chi connectivity index (χ1v) is 5.83. The lowest BCUT2D eigenvalue weighted by Gasteiger charge is -1.93. The SMILES string of the molecule is Cc1cc(-n2cc(CCCCN)nn2)nn1C. The summed E-state index contributed by atoms with van der Waals surface area (Å²) in [6, 6.07) is 1.98. The van der Waals surface area contributed by atoms with E-state index < -0.39 is 0 Å². The van der Waals surface area contributed by atoms with Gasteiger partial charge in [-0.25, -0.2) is 4.68 Å². The molecule has 0 spiro atoms. The summed E-state index contributed by atoms with van der Waals surface area (Å²) >= 11 is 0. The van der Waals surface area contributed by atoms with Crippen LogP contribution in [0, 0.1) is 6.92 Å². The number of nitrogens with zero attached hydrogens (tertiary/aromatic N) is 5. The van der Waals surface area contributed by atoms with Crippen molar-refractivity contribution in [1.29, 1.82) is 0 Å². The van der Waals surface area contributed by atoms with Crippen LogP contribution in [0.3, 0.4) is 0 Å². The predicted molar refractivity (Wildman–Crippen MR) is 64.9 cm³/mol. The van der Waals surface area contributed by atoms with Gasteiger partial charge in [0.15, 0.2) is 5.82 Å². The Hall–Kier alpha value is -1.69. The Bertz CT molecular complexity index is 464. The molecule has 2 N–H and O–H groups in total. The molecule has 0 aliphatic heterocycles. The third-order valence-electron chi connectivity index (χ3n) is 2.76. The van der Waals surface area contributed by atoms with E-state index in [-0.39, 0.29) is 0 Å². The van der Waals surface area contributed by atoms with Gasteiger partial charge in [0.25, 0.3) is 0 Å². The topological polar surface area (TPSA) is 74.6 Å². The van der Waals surface area contributed by atoms with Crippen molar-refractivity contribution in [1.82, 2.24) is 24.8 Å². The molecule has 0 saturated carbocycles. The Balaban J connectivity index is 2.07. The average Bonchev–Trinajstić information content (AvgIpc) is 2.88. The van der Waals surface area contributed by atoms with E-state index in [0.29, 0.717) is 0 Å². The van der Waals surface area contributed by atoms with Gasteiger partial charge in [-0.15, -0.1) is 5.10 Å². The molecule has 2 rings (SSSR count). The molecule has 0 radical (unpaired) electrons. The fourth-order valence-corrected chi connectivity index (χ4v) is 1.63. The first-order valence-electron chi connectivity index (χ1n) is 5.83. The quantitative estimate of drug-likeness (QED) is 0.768. The van der Waals surface area contributed by atoms with Crippen molar-refractivity contribution in [2.45, 2.75) is 26.2 Å². The van der Waals surface area contributed by atoms with Crippen molar-refractivity contribution < 1.29 is 0 Å². The lowest BCUT2D eigenvalue weighted by Crippen LogP contribution is -1.99. The molecule has 17 heavy (non-hydrogen) atoms. The Labute approximate surface area is 100 Å². The minimum atomic E-state index is 0.730. The van der Waals surface area contributed by atoms with Gasteiger partial charge in [0.2, 0.25) is 0 Å². The second-order valence-corrected chi connectivity index (χ2v) is 4.17. The molecule has 0 aliphatic rings. The third kappa shape index (κ3) is 2.71. The van der Waals surface area contributed by atoms with Crippen LogP contribution >= 0.6 is 0 Å². The summed E-state index contributed by atoms with van der Waals surface area (Å²) in [4.78, 5) is 0. The van der Waals surface area contributed by atoms with Crippen molar-refractivity contribution in [2.75, 3.05) is 6.54 Å². The standard InChI is InChI=1S/C11H18N6/c1-9-7-11(14-16(9)2)17-8-10(13-15-17)5-3-4-6-12/h7-8H,3-6,12H2,1-2H3. The van der Waals surface area contributed by atoms with Gasteiger partial charge in [0.05, 0.1) is 11.9 Å². The van der Waals surface area contributed by atoms with Gasteiger partial charge in [0.1, 0.15) is 0 Å². The molecule has 0 bridgehead atoms. The van der Waals surface area contributed by atoms with Crippen molar-refractivity contribution in [2.24, 2.45) is 12.8 Å². The summed E-state index contributed by atoms with van der Waals surface area (Å²) < 4.78 is 3.54. The molecular formula is C11H18N6. The Kier molecular flexibility index (Phi) is 3.53. The molecule has 2 heterocycles. The van der Waals surface area contributed by atoms with Gasteiger partial charge < -0.3 is 5.73 Å². The van der Waals surface area contributed by atoms with Crippen molar-refractivity contribution in [3.05, 3.63) is 23.7 Å². The normalized spacial score (nSPS) is 11.0. The summed E-state index contributed by atoms with van der Waals surface area (Å²) in [5, 5.41) is 12.6. The fraction of sp³-hybridized carbons (Fsp3) is 0.545. The number of rotatable bonds is 5. The molecule has 0 saturated heterocycles. The highest BCUT2D eigenvalue weighted by molar-refractivity contribution is 5.23. The van der Waals surface area contributed by atoms with E-state index >= 15 is 0 Å². The number of aromatic nitrogens is 5. The van der Waals surface area contributed by atoms with Crippen LogP contribution in [-0.4, -0.2) is 31.3 Å². The van der Waals surface area contributed by atoms with Gasteiger partial charge in [-0.3, -0.25) is 4.68 Å². The maximum atomic E-state index is 5.45. The number of hydrogen-bond donors (Lipinski definition) is 1. The van der Waals surface area contributed by atoms with Crippen LogP contribution in [-0.2, 0) is 13.5 Å². The van der Waals surface area contributed by atoms with Crippen LogP contribution < -0.4 is 5.73 Å². The van der Waals surface area contributed by atoms with Crippen LogP contribution in [0.4, 0.5) is 0 Å². The lowest BCUT2D eigenvalue weighted by atomic mass is 10.2. The summed E-state index contributed by atoms with van der Waals surface area (Å²) in [6.07, 6.45) is 4.92. The fourth-order valence-electron chi connectivity index (χ4n) is 1.63. The zero-order valence-electron chi connectivity index (χ0n) is 10.3. The first kappa shape index (κ1) is 11.8. The van der Waals surface area contributed by atoms with E-state index in [2.05, 4.69) is 15.4 Å². The molecule has 0 unspecified atom stereocenters. The van der Waals surface area contributed by atoms with E-state index in [1.54, 1.807) is 4.68 Å². The van der Waals surface area contributed by atoms with Crippen molar-refractivity contribution in [3.63, 3.8) is 0 Å². The highest BCUT2D eigenvalue weighted by Crippen LogP contribution is 2.08. The maximum absolute atomic E-state index is 5.45. The number of hydrogen-bond acceptors (Lipinski definition) is 4. The Morgan fingerprint density at radius 1 is 1.35 bits per heavy atom. The van der Waals surface area contributed by atoms with Gasteiger partial charge in [-0.1, -0.05) is 5.21 Å². The van der Waals surface area contributed by atoms with Crippen molar-refractivity contribution >= 4 is 0 Å². The van der Waals surface area contributed by atoms with Gasteiger partial charge in [-0.05, 0) is 32.7 Å². The Morgan fingerprint density at radius 3 is 2.82 bits per heavy atom. The number of aryl methyl sites for hydroxylation is 3. The molecule has 2 aromatic heterocycles. The van der Waals surface area contributed by atoms with Crippen LogP contribution in [0.5, 0.6) is 0 Å². The van der Waals surface area contributed by atoms with E-state index in [4.69, 9.17) is 5.73 Å². The minimum absolute atomic E-state index is 0.730. The van der Waals surface area contributed by atoms with Crippen LogP contribution in [0.25, 0.3) is 5.82 Å². The molecule has 6 heteroatoms. The molecule has 0 atom stereocenters. The molecule has 0 aromatic carbocycles. The van der Waals surface area contributed by atoms with Crippen LogP contribution in [0.1, 0.15) is 24.2 Å². The zero-order chi connectivity index (χ0) is 12.3. The zero-order valence-corrected chi connectivity index (χ0v) is 10.3. The predicted octanol–water partition coefficient (Wildman–Crippen LogP) is 0.591. The third-order valence-corrected chi connectivity index (χ3v) is 2.76. The number of nitrogens with two attached hydrogens (primary N) is 1. The molecule has 0 fully saturated rings. The van der Waals surface area contributed by atoms with Gasteiger partial charge >= 0.3 is 0 Å². The molecule has 0 amide bonds. The van der Waals surface area contributed by atoms with Gasteiger partial charge in [0, 0.05) is 18.8 Å².